The van der Waals surface area contributed by atoms with Crippen molar-refractivity contribution in [3.63, 3.8) is 0 Å². The maximum Gasteiger partial charge on any atom is 0.232 e. The fraction of sp³-hybridized carbons (Fsp3) is 0.227. The Labute approximate surface area is 183 Å². The maximum atomic E-state index is 13.5. The van der Waals surface area contributed by atoms with E-state index in [9.17, 15) is 9.50 Å². The first-order valence-electron chi connectivity index (χ1n) is 9.93. The van der Waals surface area contributed by atoms with Gasteiger partial charge < -0.3 is 10.0 Å². The predicted molar refractivity (Wildman–Crippen MR) is 119 cm³/mol. The highest BCUT2D eigenvalue weighted by Crippen LogP contribution is 2.35. The number of rotatable bonds is 4. The van der Waals surface area contributed by atoms with Gasteiger partial charge in [0.1, 0.15) is 28.8 Å². The van der Waals surface area contributed by atoms with Crippen molar-refractivity contribution in [3.8, 4) is 11.3 Å². The number of pyridine rings is 1. The number of aliphatic hydroxyl groups is 1. The van der Waals surface area contributed by atoms with E-state index >= 15 is 0 Å². The van der Waals surface area contributed by atoms with Crippen molar-refractivity contribution in [1.29, 1.82) is 0 Å². The molecule has 1 aromatic carbocycles. The van der Waals surface area contributed by atoms with E-state index in [1.165, 1.54) is 12.1 Å². The zero-order valence-corrected chi connectivity index (χ0v) is 17.5. The average Bonchev–Trinajstić information content (AvgIpc) is 3.37. The van der Waals surface area contributed by atoms with Crippen LogP contribution in [0.2, 0.25) is 5.02 Å². The molecule has 0 bridgehead atoms. The Hall–Kier alpha value is -3.23. The summed E-state index contributed by atoms with van der Waals surface area (Å²) >= 11 is 6.26. The van der Waals surface area contributed by atoms with Crippen LogP contribution < -0.4 is 9.80 Å². The molecule has 9 heteroatoms. The van der Waals surface area contributed by atoms with Crippen LogP contribution in [0.4, 0.5) is 22.0 Å². The van der Waals surface area contributed by atoms with Crippen molar-refractivity contribution in [2.24, 2.45) is 0 Å². The fourth-order valence-electron chi connectivity index (χ4n) is 3.85. The van der Waals surface area contributed by atoms with E-state index in [0.29, 0.717) is 34.7 Å². The van der Waals surface area contributed by atoms with Crippen LogP contribution in [0.1, 0.15) is 6.42 Å². The number of halogens is 2. The van der Waals surface area contributed by atoms with E-state index in [2.05, 4.69) is 4.98 Å². The molecule has 1 atom stereocenters. The van der Waals surface area contributed by atoms with Gasteiger partial charge in [-0.1, -0.05) is 11.6 Å². The van der Waals surface area contributed by atoms with Crippen LogP contribution in [0.15, 0.2) is 54.9 Å². The number of hydrogen-bond donors (Lipinski definition) is 1. The lowest BCUT2D eigenvalue weighted by molar-refractivity contribution is 0.198. The van der Waals surface area contributed by atoms with Crippen molar-refractivity contribution < 1.29 is 9.50 Å². The molecule has 0 saturated carbocycles. The van der Waals surface area contributed by atoms with Crippen molar-refractivity contribution in [2.75, 3.05) is 29.9 Å². The van der Waals surface area contributed by atoms with Gasteiger partial charge in [0.15, 0.2) is 0 Å². The molecule has 0 aliphatic carbocycles. The van der Waals surface area contributed by atoms with Gasteiger partial charge in [0, 0.05) is 38.1 Å². The smallest absolute Gasteiger partial charge is 0.232 e. The molecule has 3 aromatic heterocycles. The molecule has 1 aliphatic rings. The van der Waals surface area contributed by atoms with Crippen LogP contribution in [-0.2, 0) is 0 Å². The highest BCUT2D eigenvalue weighted by Gasteiger charge is 2.24. The number of aromatic nitrogens is 4. The van der Waals surface area contributed by atoms with E-state index < -0.39 is 0 Å². The lowest BCUT2D eigenvalue weighted by Gasteiger charge is -2.21. The van der Waals surface area contributed by atoms with E-state index in [-0.39, 0.29) is 11.9 Å². The third kappa shape index (κ3) is 3.68. The lowest BCUT2D eigenvalue weighted by Crippen LogP contribution is -2.24. The molecule has 7 nitrogen and oxygen atoms in total. The molecule has 4 aromatic rings. The molecule has 1 fully saturated rings. The first-order valence-corrected chi connectivity index (χ1v) is 10.3. The lowest BCUT2D eigenvalue weighted by atomic mass is 10.1. The Bertz CT molecular complexity index is 1240. The highest BCUT2D eigenvalue weighted by atomic mass is 35.5. The summed E-state index contributed by atoms with van der Waals surface area (Å²) in [6.07, 6.45) is 3.85. The third-order valence-corrected chi connectivity index (χ3v) is 5.63. The Kier molecular flexibility index (Phi) is 4.95. The minimum atomic E-state index is -0.345. The summed E-state index contributed by atoms with van der Waals surface area (Å²) in [7, 11) is 1.86. The summed E-state index contributed by atoms with van der Waals surface area (Å²) in [5.41, 5.74) is 2.13. The number of fused-ring (bicyclic) bond motifs is 1. The molecule has 1 saturated heterocycles. The van der Waals surface area contributed by atoms with Crippen molar-refractivity contribution in [3.05, 3.63) is 65.7 Å². The first-order chi connectivity index (χ1) is 15.0. The van der Waals surface area contributed by atoms with Crippen LogP contribution in [0.3, 0.4) is 0 Å². The first kappa shape index (κ1) is 19.7. The molecule has 31 heavy (non-hydrogen) atoms. The normalized spacial score (nSPS) is 16.3. The number of hydrogen-bond acceptors (Lipinski definition) is 6. The number of imidazole rings is 1. The molecule has 0 spiro atoms. The quantitative estimate of drug-likeness (QED) is 0.520. The minimum Gasteiger partial charge on any atom is -0.391 e. The largest absolute Gasteiger partial charge is 0.391 e. The van der Waals surface area contributed by atoms with Crippen LogP contribution in [0.25, 0.3) is 16.9 Å². The second-order valence-corrected chi connectivity index (χ2v) is 7.97. The molecule has 1 unspecified atom stereocenters. The highest BCUT2D eigenvalue weighted by molar-refractivity contribution is 6.30. The fourth-order valence-corrected chi connectivity index (χ4v) is 4.01. The summed E-state index contributed by atoms with van der Waals surface area (Å²) < 4.78 is 15.4. The van der Waals surface area contributed by atoms with Crippen molar-refractivity contribution in [1.82, 2.24) is 19.4 Å². The molecule has 4 heterocycles. The molecule has 0 amide bonds. The molecule has 1 N–H and O–H groups in total. The van der Waals surface area contributed by atoms with Gasteiger partial charge in [-0.3, -0.25) is 9.30 Å². The predicted octanol–water partition coefficient (Wildman–Crippen LogP) is 3.92. The van der Waals surface area contributed by atoms with E-state index in [0.717, 1.165) is 24.3 Å². The van der Waals surface area contributed by atoms with E-state index in [1.807, 2.05) is 33.4 Å². The SMILES string of the molecule is CN(c1nccc(N2CCC(O)C2)n1)c1c(-c2ccc(F)cc2)nc2ccc(Cl)cn12. The second kappa shape index (κ2) is 7.79. The van der Waals surface area contributed by atoms with Crippen molar-refractivity contribution in [2.45, 2.75) is 12.5 Å². The van der Waals surface area contributed by atoms with Crippen LogP contribution in [-0.4, -0.2) is 50.7 Å². The van der Waals surface area contributed by atoms with E-state index in [4.69, 9.17) is 21.6 Å². The number of aliphatic hydroxyl groups excluding tert-OH is 1. The molecular weight excluding hydrogens is 419 g/mol. The van der Waals surface area contributed by atoms with Crippen LogP contribution in [0.5, 0.6) is 0 Å². The summed E-state index contributed by atoms with van der Waals surface area (Å²) in [6, 6.07) is 11.6. The number of anilines is 3. The van der Waals surface area contributed by atoms with Gasteiger partial charge >= 0.3 is 0 Å². The summed E-state index contributed by atoms with van der Waals surface area (Å²) in [6.45, 7) is 1.29. The summed E-state index contributed by atoms with van der Waals surface area (Å²) in [4.78, 5) is 17.8. The Morgan fingerprint density at radius 3 is 2.68 bits per heavy atom. The number of β-amino-alcohol motifs (C(OH)–C–C–N with tert-alkyl or cyclic N) is 1. The van der Waals surface area contributed by atoms with Crippen LogP contribution >= 0.6 is 11.6 Å². The summed E-state index contributed by atoms with van der Waals surface area (Å²) in [5, 5.41) is 10.4. The second-order valence-electron chi connectivity index (χ2n) is 7.53. The zero-order valence-electron chi connectivity index (χ0n) is 16.8. The summed E-state index contributed by atoms with van der Waals surface area (Å²) in [5.74, 6) is 1.63. The number of nitrogens with zero attached hydrogens (tertiary/aromatic N) is 6. The van der Waals surface area contributed by atoms with Gasteiger partial charge in [-0.15, -0.1) is 0 Å². The minimum absolute atomic E-state index is 0.311. The van der Waals surface area contributed by atoms with Crippen molar-refractivity contribution >= 4 is 34.8 Å². The Balaban J connectivity index is 1.63. The molecule has 0 radical (unpaired) electrons. The molecular formula is C22H20ClFN6O. The van der Waals surface area contributed by atoms with Gasteiger partial charge in [-0.05, 0) is 48.9 Å². The van der Waals surface area contributed by atoms with Gasteiger partial charge in [-0.2, -0.15) is 4.98 Å². The van der Waals surface area contributed by atoms with E-state index in [1.54, 1.807) is 30.6 Å². The Morgan fingerprint density at radius 2 is 1.94 bits per heavy atom. The average molecular weight is 439 g/mol. The topological polar surface area (TPSA) is 69.8 Å². The zero-order chi connectivity index (χ0) is 21.5. The molecule has 5 rings (SSSR count). The standard InChI is InChI=1S/C22H20ClFN6O/c1-28(22-25-10-8-18(27-22)29-11-9-17(31)13-29)21-20(14-2-5-16(24)6-3-14)26-19-7-4-15(23)12-30(19)21/h2-8,10,12,17,31H,9,11,13H2,1H3. The molecule has 158 valence electrons. The Morgan fingerprint density at radius 1 is 1.13 bits per heavy atom. The number of benzene rings is 1. The van der Waals surface area contributed by atoms with Gasteiger partial charge in [0.25, 0.3) is 0 Å². The van der Waals surface area contributed by atoms with Gasteiger partial charge in [-0.25, -0.2) is 14.4 Å². The van der Waals surface area contributed by atoms with Crippen LogP contribution in [0, 0.1) is 5.82 Å². The van der Waals surface area contributed by atoms with Gasteiger partial charge in [0.05, 0.1) is 11.1 Å². The van der Waals surface area contributed by atoms with Gasteiger partial charge in [0.2, 0.25) is 5.95 Å². The molecule has 1 aliphatic heterocycles. The maximum absolute atomic E-state index is 13.5. The monoisotopic (exact) mass is 438 g/mol. The third-order valence-electron chi connectivity index (χ3n) is 5.41.